The molecule has 0 N–H and O–H groups in total. The van der Waals surface area contributed by atoms with Crippen LogP contribution in [-0.4, -0.2) is 35.5 Å². The first-order valence-electron chi connectivity index (χ1n) is 9.47. The van der Waals surface area contributed by atoms with E-state index in [1.54, 1.807) is 5.01 Å². The van der Waals surface area contributed by atoms with Crippen LogP contribution in [-0.2, 0) is 19.1 Å². The number of ether oxygens (including phenoxy) is 2. The minimum atomic E-state index is -0.978. The van der Waals surface area contributed by atoms with Gasteiger partial charge >= 0.3 is 11.9 Å². The Kier molecular flexibility index (Phi) is 5.72. The summed E-state index contributed by atoms with van der Waals surface area (Å²) in [5, 5.41) is 6.59. The van der Waals surface area contributed by atoms with Crippen molar-refractivity contribution in [3.63, 3.8) is 0 Å². The maximum absolute atomic E-state index is 12.6. The first kappa shape index (κ1) is 21.3. The van der Waals surface area contributed by atoms with Crippen molar-refractivity contribution in [1.29, 1.82) is 0 Å². The third kappa shape index (κ3) is 3.57. The molecular weight excluding hydrogens is 434 g/mol. The number of hydrogen-bond acceptors (Lipinski definition) is 9. The van der Waals surface area contributed by atoms with Crippen LogP contribution < -0.4 is 9.91 Å². The van der Waals surface area contributed by atoms with Crippen LogP contribution in [0.25, 0.3) is 0 Å². The summed E-state index contributed by atoms with van der Waals surface area (Å²) in [5.41, 5.74) is 3.46. The van der Waals surface area contributed by atoms with Gasteiger partial charge in [-0.25, -0.2) is 14.6 Å². The number of aryl methyl sites for hydroxylation is 1. The molecule has 0 amide bonds. The summed E-state index contributed by atoms with van der Waals surface area (Å²) in [4.78, 5) is 27.5. The smallest absolute Gasteiger partial charge is 0.365 e. The lowest BCUT2D eigenvalue weighted by Gasteiger charge is -2.41. The Bertz CT molecular complexity index is 1090. The quantitative estimate of drug-likeness (QED) is 0.632. The van der Waals surface area contributed by atoms with Crippen LogP contribution >= 0.6 is 23.5 Å². The highest BCUT2D eigenvalue weighted by molar-refractivity contribution is 8.29. The van der Waals surface area contributed by atoms with Crippen molar-refractivity contribution in [2.75, 3.05) is 24.1 Å². The van der Waals surface area contributed by atoms with Gasteiger partial charge in [-0.1, -0.05) is 47.7 Å². The molecule has 2 heterocycles. The maximum atomic E-state index is 12.6. The van der Waals surface area contributed by atoms with Crippen molar-refractivity contribution >= 4 is 51.9 Å². The van der Waals surface area contributed by atoms with Crippen molar-refractivity contribution in [2.45, 2.75) is 18.2 Å². The second-order valence-electron chi connectivity index (χ2n) is 6.87. The van der Waals surface area contributed by atoms with E-state index in [0.29, 0.717) is 10.6 Å². The molecule has 2 aromatic rings. The molecule has 1 atom stereocenters. The largest absolute Gasteiger partial charge is 0.465 e. The predicted molar refractivity (Wildman–Crippen MR) is 125 cm³/mol. The highest BCUT2D eigenvalue weighted by Gasteiger charge is 2.58. The molecule has 0 fully saturated rings. The number of benzene rings is 2. The first-order valence-corrected chi connectivity index (χ1v) is 11.1. The van der Waals surface area contributed by atoms with E-state index >= 15 is 0 Å². The van der Waals surface area contributed by atoms with Crippen molar-refractivity contribution < 1.29 is 19.1 Å². The fraction of sp³-hybridized carbons (Fsp3) is 0.227. The Hall–Kier alpha value is -2.91. The van der Waals surface area contributed by atoms with Gasteiger partial charge in [0.1, 0.15) is 4.91 Å². The highest BCUT2D eigenvalue weighted by atomic mass is 32.2. The molecule has 0 aliphatic carbocycles. The molecule has 0 aromatic heterocycles. The Morgan fingerprint density at radius 2 is 1.52 bits per heavy atom. The van der Waals surface area contributed by atoms with Crippen LogP contribution in [0.2, 0.25) is 0 Å². The number of allylic oxidation sites excluding steroid dienone is 1. The minimum Gasteiger partial charge on any atom is -0.465 e. The van der Waals surface area contributed by atoms with E-state index in [1.807, 2.05) is 73.3 Å². The van der Waals surface area contributed by atoms with Gasteiger partial charge in [-0.3, -0.25) is 0 Å². The number of hydrazone groups is 1. The lowest BCUT2D eigenvalue weighted by molar-refractivity contribution is -0.135. The molecule has 2 aliphatic heterocycles. The minimum absolute atomic E-state index is 0.204. The summed E-state index contributed by atoms with van der Waals surface area (Å²) >= 11 is 2.54. The number of anilines is 2. The van der Waals surface area contributed by atoms with E-state index in [0.717, 1.165) is 16.9 Å². The number of para-hydroxylation sites is 1. The molecule has 0 unspecified atom stereocenters. The van der Waals surface area contributed by atoms with Crippen LogP contribution in [0.3, 0.4) is 0 Å². The molecule has 2 aromatic carbocycles. The number of rotatable bonds is 4. The number of methoxy groups -OCH3 is 2. The van der Waals surface area contributed by atoms with Gasteiger partial charge in [-0.15, -0.1) is 0 Å². The topological polar surface area (TPSA) is 71.4 Å². The van der Waals surface area contributed by atoms with Crippen molar-refractivity contribution in [3.05, 3.63) is 70.8 Å². The predicted octanol–water partition coefficient (Wildman–Crippen LogP) is 4.30. The zero-order chi connectivity index (χ0) is 22.2. The van der Waals surface area contributed by atoms with Crippen LogP contribution in [0.5, 0.6) is 0 Å². The van der Waals surface area contributed by atoms with Crippen molar-refractivity contribution in [2.24, 2.45) is 5.10 Å². The molecule has 0 radical (unpaired) electrons. The third-order valence-electron chi connectivity index (χ3n) is 4.89. The number of carbonyl (C=O) groups excluding carboxylic acids is 2. The van der Waals surface area contributed by atoms with Gasteiger partial charge in [0.05, 0.1) is 19.9 Å². The molecule has 0 saturated carbocycles. The zero-order valence-corrected chi connectivity index (χ0v) is 19.1. The summed E-state index contributed by atoms with van der Waals surface area (Å²) in [5.74, 6) is -0.965. The van der Waals surface area contributed by atoms with E-state index in [1.165, 1.54) is 37.7 Å². The lowest BCUT2D eigenvalue weighted by atomic mass is 10.2. The van der Waals surface area contributed by atoms with Crippen LogP contribution in [0.4, 0.5) is 11.4 Å². The maximum Gasteiger partial charge on any atom is 0.365 e. The van der Waals surface area contributed by atoms with Gasteiger partial charge in [0.2, 0.25) is 9.37 Å². The monoisotopic (exact) mass is 455 g/mol. The fourth-order valence-electron chi connectivity index (χ4n) is 3.41. The molecule has 1 spiro atoms. The fourth-order valence-corrected chi connectivity index (χ4v) is 6.41. The molecule has 4 rings (SSSR count). The number of thioether (sulfide) groups is 2. The number of nitrogens with zero attached hydrogens (tertiary/aromatic N) is 3. The summed E-state index contributed by atoms with van der Waals surface area (Å²) in [7, 11) is 2.68. The molecule has 31 heavy (non-hydrogen) atoms. The van der Waals surface area contributed by atoms with E-state index in [9.17, 15) is 9.59 Å². The van der Waals surface area contributed by atoms with Gasteiger partial charge in [-0.05, 0) is 49.9 Å². The van der Waals surface area contributed by atoms with Gasteiger partial charge in [0.25, 0.3) is 0 Å². The van der Waals surface area contributed by atoms with Crippen LogP contribution in [0.15, 0.2) is 70.3 Å². The van der Waals surface area contributed by atoms with Crippen molar-refractivity contribution in [1.82, 2.24) is 0 Å². The van der Waals surface area contributed by atoms with Gasteiger partial charge in [0, 0.05) is 11.4 Å². The summed E-state index contributed by atoms with van der Waals surface area (Å²) in [6.07, 6.45) is 0. The summed E-state index contributed by atoms with van der Waals surface area (Å²) in [6.45, 7) is 3.87. The summed E-state index contributed by atoms with van der Waals surface area (Å²) in [6, 6.07) is 17.5. The third-order valence-corrected chi connectivity index (χ3v) is 7.74. The summed E-state index contributed by atoms with van der Waals surface area (Å²) < 4.78 is 9.02. The second-order valence-corrected chi connectivity index (χ2v) is 9.47. The van der Waals surface area contributed by atoms with E-state index in [-0.39, 0.29) is 5.04 Å². The molecule has 7 nitrogen and oxygen atoms in total. The number of carbonyl (C=O) groups is 2. The Labute approximate surface area is 189 Å². The van der Waals surface area contributed by atoms with E-state index in [2.05, 4.69) is 5.10 Å². The lowest BCUT2D eigenvalue weighted by Crippen LogP contribution is -2.49. The molecule has 9 heteroatoms. The van der Waals surface area contributed by atoms with Gasteiger partial charge < -0.3 is 14.4 Å². The molecule has 0 saturated heterocycles. The second kappa shape index (κ2) is 8.32. The van der Waals surface area contributed by atoms with E-state index < -0.39 is 16.3 Å². The molecular formula is C22H21N3O4S2. The Balaban J connectivity index is 1.91. The average Bonchev–Trinajstić information content (AvgIpc) is 3.31. The Morgan fingerprint density at radius 1 is 0.871 bits per heavy atom. The van der Waals surface area contributed by atoms with Crippen molar-refractivity contribution in [3.8, 4) is 0 Å². The number of hydrogen-bond donors (Lipinski definition) is 0. The van der Waals surface area contributed by atoms with E-state index in [4.69, 9.17) is 9.47 Å². The molecule has 160 valence electrons. The zero-order valence-electron chi connectivity index (χ0n) is 17.5. The average molecular weight is 456 g/mol. The number of esters is 2. The Morgan fingerprint density at radius 3 is 2.13 bits per heavy atom. The highest BCUT2D eigenvalue weighted by Crippen LogP contribution is 2.60. The van der Waals surface area contributed by atoms with Crippen LogP contribution in [0, 0.1) is 6.92 Å². The standard InChI is InChI=1S/C22H21N3O4S2/c1-14-10-12-17(13-11-14)25-22(31-19(23-25)21(27)29-4)24(16-8-6-5-7-9-16)15(2)18(30-22)20(26)28-3/h5-13H,1-4H3/t22-/m1/s1. The van der Waals surface area contributed by atoms with Gasteiger partial charge in [0.15, 0.2) is 0 Å². The first-order chi connectivity index (χ1) is 14.9. The van der Waals surface area contributed by atoms with Gasteiger partial charge in [-0.2, -0.15) is 5.10 Å². The molecule has 0 bridgehead atoms. The molecule has 2 aliphatic rings. The normalized spacial score (nSPS) is 20.3. The van der Waals surface area contributed by atoms with Crippen LogP contribution in [0.1, 0.15) is 12.5 Å². The SMILES string of the molecule is COC(=O)C1=NN(c2ccc(C)cc2)[C@@]2(S1)SC(C(=O)OC)=C(C)N2c1ccccc1.